The van der Waals surface area contributed by atoms with Crippen molar-refractivity contribution in [3.8, 4) is 0 Å². The summed E-state index contributed by atoms with van der Waals surface area (Å²) in [6.45, 7) is 3.70. The van der Waals surface area contributed by atoms with Gasteiger partial charge in [0.15, 0.2) is 6.29 Å². The Hall–Kier alpha value is -2.04. The van der Waals surface area contributed by atoms with Crippen LogP contribution in [-0.4, -0.2) is 56.9 Å². The Balaban J connectivity index is 0. The first kappa shape index (κ1) is 24.2. The number of aliphatic imine (C=N–C) groups is 2. The van der Waals surface area contributed by atoms with Crippen LogP contribution in [0.5, 0.6) is 0 Å². The molecule has 0 heterocycles. The fraction of sp³-hybridized carbons (Fsp3) is 0.385. The number of hydrogen-bond donors (Lipinski definition) is 6. The van der Waals surface area contributed by atoms with E-state index >= 15 is 0 Å². The molecule has 0 bridgehead atoms. The van der Waals surface area contributed by atoms with E-state index in [4.69, 9.17) is 29.4 Å². The summed E-state index contributed by atoms with van der Waals surface area (Å²) in [4.78, 5) is 56.1. The van der Waals surface area contributed by atoms with E-state index in [2.05, 4.69) is 9.98 Å². The molecule has 24 heavy (non-hydrogen) atoms. The van der Waals surface area contributed by atoms with Crippen LogP contribution in [0.15, 0.2) is 28.2 Å². The Morgan fingerprint density at radius 2 is 1.58 bits per heavy atom. The molecular weight excluding hydrogens is 340 g/mol. The molecule has 0 saturated carbocycles. The third kappa shape index (κ3) is 18.0. The maximum absolute atomic E-state index is 10.00. The fourth-order valence-electron chi connectivity index (χ4n) is 1.15. The summed E-state index contributed by atoms with van der Waals surface area (Å²) in [5.41, 5.74) is 1.72. The smallest absolute Gasteiger partial charge is 0.368 e. The molecule has 0 aliphatic carbocycles. The van der Waals surface area contributed by atoms with Gasteiger partial charge in [0.05, 0.1) is 11.4 Å². The van der Waals surface area contributed by atoms with Crippen molar-refractivity contribution in [1.29, 1.82) is 0 Å². The van der Waals surface area contributed by atoms with Gasteiger partial charge in [0.2, 0.25) is 12.2 Å². The van der Waals surface area contributed by atoms with E-state index < -0.39 is 15.3 Å². The third-order valence-corrected chi connectivity index (χ3v) is 2.08. The second-order valence-electron chi connectivity index (χ2n) is 4.25. The third-order valence-electron chi connectivity index (χ3n) is 2.08. The van der Waals surface area contributed by atoms with Crippen molar-refractivity contribution in [3.05, 3.63) is 23.8 Å². The molecule has 1 aromatic rings. The van der Waals surface area contributed by atoms with Gasteiger partial charge in [-0.1, -0.05) is 19.4 Å². The predicted molar refractivity (Wildman–Crippen MR) is 84.5 cm³/mol. The highest BCUT2D eigenvalue weighted by Crippen LogP contribution is 2.23. The number of benzene rings is 1. The lowest BCUT2D eigenvalue weighted by atomic mass is 10.2. The van der Waals surface area contributed by atoms with Gasteiger partial charge in [0.1, 0.15) is 0 Å². The maximum Gasteiger partial charge on any atom is 0.668 e. The van der Waals surface area contributed by atoms with E-state index in [0.29, 0.717) is 17.8 Å². The lowest BCUT2D eigenvalue weighted by Gasteiger charge is -1.97. The molecule has 6 N–H and O–H groups in total. The van der Waals surface area contributed by atoms with E-state index in [-0.39, 0.29) is 0 Å². The second kappa shape index (κ2) is 13.4. The van der Waals surface area contributed by atoms with Gasteiger partial charge in [0, 0.05) is 0 Å². The number of nitrogens with zero attached hydrogens (tertiary/aromatic N) is 2. The summed E-state index contributed by atoms with van der Waals surface area (Å²) in [6, 6.07) is 4.88. The van der Waals surface area contributed by atoms with Crippen molar-refractivity contribution in [2.75, 3.05) is 0 Å². The molecule has 1 rings (SSSR count). The highest BCUT2D eigenvalue weighted by Gasteiger charge is 2.22. The fourth-order valence-corrected chi connectivity index (χ4v) is 1.15. The standard InChI is InChI=1S/C9H6N2O2.C4H10O2.H4O4Si/c1-7-2-3-8(10-5-12)4-9(7)11-6-13;1-2-3-4(5)6;1-5(2,3)4/h2-4H,1H3;4-6H,2-3H2,1H3;1-4H. The molecule has 134 valence electrons. The Labute approximate surface area is 139 Å². The summed E-state index contributed by atoms with van der Waals surface area (Å²) in [7, 11) is -4.61. The van der Waals surface area contributed by atoms with E-state index in [0.717, 1.165) is 12.0 Å². The van der Waals surface area contributed by atoms with Crippen LogP contribution in [-0.2, 0) is 9.59 Å². The van der Waals surface area contributed by atoms with E-state index in [1.807, 2.05) is 6.92 Å². The Morgan fingerprint density at radius 3 is 1.92 bits per heavy atom. The molecule has 0 saturated heterocycles. The molecule has 0 aromatic heterocycles. The minimum Gasteiger partial charge on any atom is -0.368 e. The van der Waals surface area contributed by atoms with Gasteiger partial charge in [-0.05, 0) is 31.0 Å². The SMILES string of the molecule is CCCC(O)O.Cc1ccc(N=C=O)cc1N=C=O.O[Si](O)(O)O. The number of rotatable bonds is 4. The van der Waals surface area contributed by atoms with Gasteiger partial charge < -0.3 is 29.4 Å². The van der Waals surface area contributed by atoms with E-state index in [1.54, 1.807) is 19.1 Å². The molecule has 0 unspecified atom stereocenters. The van der Waals surface area contributed by atoms with Crippen LogP contribution in [0.25, 0.3) is 0 Å². The van der Waals surface area contributed by atoms with Gasteiger partial charge in [-0.2, -0.15) is 9.98 Å². The van der Waals surface area contributed by atoms with Crippen LogP contribution in [0.2, 0.25) is 0 Å². The average molecular weight is 360 g/mol. The first-order chi connectivity index (χ1) is 11.0. The van der Waals surface area contributed by atoms with Crippen molar-refractivity contribution in [3.63, 3.8) is 0 Å². The van der Waals surface area contributed by atoms with Crippen LogP contribution in [0.3, 0.4) is 0 Å². The van der Waals surface area contributed by atoms with Crippen LogP contribution < -0.4 is 0 Å². The first-order valence-corrected chi connectivity index (χ1v) is 8.36. The van der Waals surface area contributed by atoms with Crippen LogP contribution in [0, 0.1) is 6.92 Å². The number of aliphatic hydroxyl groups is 2. The highest BCUT2D eigenvalue weighted by molar-refractivity contribution is 6.46. The first-order valence-electron chi connectivity index (χ1n) is 6.57. The molecular formula is C13H20N2O8Si. The molecule has 11 heteroatoms. The van der Waals surface area contributed by atoms with Crippen molar-refractivity contribution in [2.24, 2.45) is 9.98 Å². The van der Waals surface area contributed by atoms with Gasteiger partial charge in [-0.3, -0.25) is 0 Å². The van der Waals surface area contributed by atoms with Crippen molar-refractivity contribution in [1.82, 2.24) is 0 Å². The van der Waals surface area contributed by atoms with Crippen molar-refractivity contribution in [2.45, 2.75) is 33.0 Å². The number of aliphatic hydroxyl groups excluding tert-OH is 1. The Morgan fingerprint density at radius 1 is 1.08 bits per heavy atom. The molecule has 1 aromatic carbocycles. The maximum atomic E-state index is 10.00. The van der Waals surface area contributed by atoms with E-state index in [1.165, 1.54) is 18.2 Å². The van der Waals surface area contributed by atoms with Gasteiger partial charge in [-0.25, -0.2) is 9.59 Å². The second-order valence-corrected chi connectivity index (χ2v) is 5.45. The summed E-state index contributed by atoms with van der Waals surface area (Å²) < 4.78 is 0. The lowest BCUT2D eigenvalue weighted by molar-refractivity contribution is -0.0453. The van der Waals surface area contributed by atoms with Gasteiger partial charge in [0.25, 0.3) is 0 Å². The van der Waals surface area contributed by atoms with Crippen LogP contribution in [0.4, 0.5) is 11.4 Å². The summed E-state index contributed by atoms with van der Waals surface area (Å²) in [6.07, 6.45) is 3.05. The van der Waals surface area contributed by atoms with Crippen LogP contribution in [0.1, 0.15) is 25.3 Å². The molecule has 0 spiro atoms. The minimum atomic E-state index is -4.61. The Bertz CT molecular complexity index is 570. The molecule has 0 fully saturated rings. The summed E-state index contributed by atoms with van der Waals surface area (Å²) >= 11 is 0. The van der Waals surface area contributed by atoms with Crippen molar-refractivity contribution < 1.29 is 39.0 Å². The normalized spacial score (nSPS) is 9.54. The number of aryl methyl sites for hydroxylation is 1. The van der Waals surface area contributed by atoms with Gasteiger partial charge >= 0.3 is 9.05 Å². The molecule has 0 aliphatic heterocycles. The topological polar surface area (TPSA) is 180 Å². The lowest BCUT2D eigenvalue weighted by Crippen LogP contribution is -2.33. The zero-order chi connectivity index (χ0) is 19.2. The summed E-state index contributed by atoms with van der Waals surface area (Å²) in [5.74, 6) is 0. The largest absolute Gasteiger partial charge is 0.668 e. The van der Waals surface area contributed by atoms with Crippen LogP contribution >= 0.6 is 0 Å². The van der Waals surface area contributed by atoms with Gasteiger partial charge in [-0.15, -0.1) is 0 Å². The zero-order valence-electron chi connectivity index (χ0n) is 13.1. The molecule has 0 amide bonds. The number of hydrogen-bond acceptors (Lipinski definition) is 10. The number of carbonyl (C=O) groups excluding carboxylic acids is 2. The molecule has 10 nitrogen and oxygen atoms in total. The number of isocyanates is 2. The predicted octanol–water partition coefficient (Wildman–Crippen LogP) is -0.582. The molecule has 0 atom stereocenters. The summed E-state index contributed by atoms with van der Waals surface area (Å²) in [5, 5.41) is 16.2. The minimum absolute atomic E-state index is 0.426. The molecule has 0 radical (unpaired) electrons. The zero-order valence-corrected chi connectivity index (χ0v) is 14.1. The Kier molecular flexibility index (Phi) is 13.5. The molecule has 0 aliphatic rings. The van der Waals surface area contributed by atoms with Crippen molar-refractivity contribution >= 4 is 32.6 Å². The monoisotopic (exact) mass is 360 g/mol. The quantitative estimate of drug-likeness (QED) is 0.178. The van der Waals surface area contributed by atoms with E-state index in [9.17, 15) is 9.59 Å². The average Bonchev–Trinajstić information content (AvgIpc) is 2.42. The highest BCUT2D eigenvalue weighted by atomic mass is 28.4.